The van der Waals surface area contributed by atoms with Gasteiger partial charge in [-0.25, -0.2) is 0 Å². The lowest BCUT2D eigenvalue weighted by Crippen LogP contribution is -2.36. The summed E-state index contributed by atoms with van der Waals surface area (Å²) in [4.78, 5) is 24.8. The van der Waals surface area contributed by atoms with Gasteiger partial charge in [-0.2, -0.15) is 0 Å². The summed E-state index contributed by atoms with van der Waals surface area (Å²) in [6.07, 6.45) is -0.0619. The van der Waals surface area contributed by atoms with Gasteiger partial charge < -0.3 is 14.7 Å². The molecule has 5 nitrogen and oxygen atoms in total. The van der Waals surface area contributed by atoms with E-state index in [0.717, 1.165) is 0 Å². The molecule has 0 aliphatic heterocycles. The van der Waals surface area contributed by atoms with E-state index in [1.807, 2.05) is 13.8 Å². The number of hydrogen-bond donors (Lipinski definition) is 1. The Morgan fingerprint density at radius 3 is 2.50 bits per heavy atom. The van der Waals surface area contributed by atoms with Gasteiger partial charge in [-0.05, 0) is 18.1 Å². The molecule has 0 aliphatic rings. The van der Waals surface area contributed by atoms with Crippen LogP contribution in [-0.2, 0) is 4.79 Å². The first-order chi connectivity index (χ1) is 9.45. The third kappa shape index (κ3) is 4.57. The van der Waals surface area contributed by atoms with Crippen molar-refractivity contribution in [3.63, 3.8) is 0 Å². The highest BCUT2D eigenvalue weighted by atomic mass is 16.5. The molecule has 0 spiro atoms. The Morgan fingerprint density at radius 1 is 1.30 bits per heavy atom. The SMILES string of the molecule is COc1ccccc1C(=O)N(CCC(=O)O)CC(C)C. The number of ether oxygens (including phenoxy) is 1. The Balaban J connectivity index is 2.93. The Labute approximate surface area is 119 Å². The van der Waals surface area contributed by atoms with E-state index in [9.17, 15) is 9.59 Å². The molecule has 1 amide bonds. The fourth-order valence-electron chi connectivity index (χ4n) is 1.94. The Bertz CT molecular complexity index is 471. The van der Waals surface area contributed by atoms with E-state index >= 15 is 0 Å². The third-order valence-electron chi connectivity index (χ3n) is 2.81. The maximum atomic E-state index is 12.5. The average molecular weight is 279 g/mol. The van der Waals surface area contributed by atoms with Gasteiger partial charge in [-0.1, -0.05) is 26.0 Å². The van der Waals surface area contributed by atoms with Gasteiger partial charge in [-0.3, -0.25) is 9.59 Å². The summed E-state index contributed by atoms with van der Waals surface area (Å²) in [6.45, 7) is 4.70. The normalized spacial score (nSPS) is 10.4. The molecule has 0 unspecified atom stereocenters. The van der Waals surface area contributed by atoms with Crippen LogP contribution in [0, 0.1) is 5.92 Å². The number of carbonyl (C=O) groups excluding carboxylic acids is 1. The van der Waals surface area contributed by atoms with Crippen LogP contribution in [-0.4, -0.2) is 42.1 Å². The fraction of sp³-hybridized carbons (Fsp3) is 0.467. The molecular formula is C15H21NO4. The van der Waals surface area contributed by atoms with Crippen molar-refractivity contribution in [2.45, 2.75) is 20.3 Å². The number of rotatable bonds is 7. The molecule has 0 bridgehead atoms. The second-order valence-corrected chi connectivity index (χ2v) is 4.99. The molecule has 0 aliphatic carbocycles. The van der Waals surface area contributed by atoms with Crippen molar-refractivity contribution in [1.82, 2.24) is 4.90 Å². The highest BCUT2D eigenvalue weighted by molar-refractivity contribution is 5.97. The standard InChI is InChI=1S/C15H21NO4/c1-11(2)10-16(9-8-14(17)18)15(19)12-6-4-5-7-13(12)20-3/h4-7,11H,8-10H2,1-3H3,(H,17,18). The molecule has 1 N–H and O–H groups in total. The maximum Gasteiger partial charge on any atom is 0.305 e. The smallest absolute Gasteiger partial charge is 0.305 e. The number of methoxy groups -OCH3 is 1. The summed E-state index contributed by atoms with van der Waals surface area (Å²) in [5.74, 6) is -0.340. The lowest BCUT2D eigenvalue weighted by molar-refractivity contribution is -0.137. The number of carbonyl (C=O) groups is 2. The van der Waals surface area contributed by atoms with Crippen molar-refractivity contribution in [3.8, 4) is 5.75 Å². The van der Waals surface area contributed by atoms with Crippen LogP contribution in [0.3, 0.4) is 0 Å². The minimum atomic E-state index is -0.911. The monoisotopic (exact) mass is 279 g/mol. The average Bonchev–Trinajstić information content (AvgIpc) is 2.42. The van der Waals surface area contributed by atoms with Crippen LogP contribution in [0.2, 0.25) is 0 Å². The van der Waals surface area contributed by atoms with Gasteiger partial charge >= 0.3 is 5.97 Å². The van der Waals surface area contributed by atoms with Crippen LogP contribution in [0.15, 0.2) is 24.3 Å². The predicted molar refractivity (Wildman–Crippen MR) is 76.0 cm³/mol. The molecule has 0 aromatic heterocycles. The molecule has 0 heterocycles. The van der Waals surface area contributed by atoms with Gasteiger partial charge in [0.2, 0.25) is 0 Å². The first kappa shape index (κ1) is 16.0. The molecular weight excluding hydrogens is 258 g/mol. The third-order valence-corrected chi connectivity index (χ3v) is 2.81. The van der Waals surface area contributed by atoms with Crippen molar-refractivity contribution in [3.05, 3.63) is 29.8 Å². The molecule has 1 rings (SSSR count). The molecule has 5 heteroatoms. The molecule has 110 valence electrons. The lowest BCUT2D eigenvalue weighted by atomic mass is 10.1. The summed E-state index contributed by atoms with van der Waals surface area (Å²) in [5, 5.41) is 8.79. The molecule has 0 saturated heterocycles. The first-order valence-corrected chi connectivity index (χ1v) is 6.59. The quantitative estimate of drug-likeness (QED) is 0.831. The van der Waals surface area contributed by atoms with Gasteiger partial charge in [0.25, 0.3) is 5.91 Å². The van der Waals surface area contributed by atoms with Crippen molar-refractivity contribution in [2.75, 3.05) is 20.2 Å². The van der Waals surface area contributed by atoms with E-state index in [0.29, 0.717) is 17.9 Å². The van der Waals surface area contributed by atoms with Gasteiger partial charge in [0.05, 0.1) is 19.1 Å². The summed E-state index contributed by atoms with van der Waals surface area (Å²) in [7, 11) is 1.51. The zero-order valence-electron chi connectivity index (χ0n) is 12.1. The van der Waals surface area contributed by atoms with Gasteiger partial charge in [0.15, 0.2) is 0 Å². The fourth-order valence-corrected chi connectivity index (χ4v) is 1.94. The van der Waals surface area contributed by atoms with E-state index in [1.54, 1.807) is 29.2 Å². The Kier molecular flexibility index (Phi) is 6.03. The minimum Gasteiger partial charge on any atom is -0.496 e. The molecule has 0 fully saturated rings. The van der Waals surface area contributed by atoms with Crippen molar-refractivity contribution in [1.29, 1.82) is 0 Å². The largest absolute Gasteiger partial charge is 0.496 e. The number of hydrogen-bond acceptors (Lipinski definition) is 3. The number of carboxylic acid groups (broad SMARTS) is 1. The summed E-state index contributed by atoms with van der Waals surface area (Å²) in [5.41, 5.74) is 0.459. The minimum absolute atomic E-state index is 0.0619. The van der Waals surface area contributed by atoms with Crippen LogP contribution < -0.4 is 4.74 Å². The lowest BCUT2D eigenvalue weighted by Gasteiger charge is -2.24. The number of nitrogens with zero attached hydrogens (tertiary/aromatic N) is 1. The van der Waals surface area contributed by atoms with Gasteiger partial charge in [0, 0.05) is 13.1 Å². The van der Waals surface area contributed by atoms with Crippen LogP contribution in [0.4, 0.5) is 0 Å². The number of amides is 1. The van der Waals surface area contributed by atoms with Crippen molar-refractivity contribution < 1.29 is 19.4 Å². The van der Waals surface area contributed by atoms with Crippen LogP contribution in [0.5, 0.6) is 5.75 Å². The number of benzene rings is 1. The summed E-state index contributed by atoms with van der Waals surface area (Å²) < 4.78 is 5.18. The molecule has 20 heavy (non-hydrogen) atoms. The van der Waals surface area contributed by atoms with Crippen molar-refractivity contribution >= 4 is 11.9 Å². The topological polar surface area (TPSA) is 66.8 Å². The molecule has 0 atom stereocenters. The van der Waals surface area contributed by atoms with E-state index < -0.39 is 5.97 Å². The van der Waals surface area contributed by atoms with E-state index in [1.165, 1.54) is 7.11 Å². The second-order valence-electron chi connectivity index (χ2n) is 4.99. The highest BCUT2D eigenvalue weighted by Gasteiger charge is 2.20. The number of para-hydroxylation sites is 1. The van der Waals surface area contributed by atoms with Crippen molar-refractivity contribution in [2.24, 2.45) is 5.92 Å². The van der Waals surface area contributed by atoms with E-state index in [4.69, 9.17) is 9.84 Å². The zero-order chi connectivity index (χ0) is 15.1. The van der Waals surface area contributed by atoms with Gasteiger partial charge in [0.1, 0.15) is 5.75 Å². The maximum absolute atomic E-state index is 12.5. The van der Waals surface area contributed by atoms with Crippen LogP contribution in [0.1, 0.15) is 30.6 Å². The van der Waals surface area contributed by atoms with E-state index in [-0.39, 0.29) is 24.8 Å². The molecule has 1 aromatic rings. The molecule has 1 aromatic carbocycles. The Hall–Kier alpha value is -2.04. The molecule has 0 saturated carbocycles. The van der Waals surface area contributed by atoms with Crippen LogP contribution in [0.25, 0.3) is 0 Å². The molecule has 0 radical (unpaired) electrons. The highest BCUT2D eigenvalue weighted by Crippen LogP contribution is 2.20. The summed E-state index contributed by atoms with van der Waals surface area (Å²) >= 11 is 0. The van der Waals surface area contributed by atoms with Crippen LogP contribution >= 0.6 is 0 Å². The summed E-state index contributed by atoms with van der Waals surface area (Å²) in [6, 6.07) is 6.97. The van der Waals surface area contributed by atoms with E-state index in [2.05, 4.69) is 0 Å². The Morgan fingerprint density at radius 2 is 1.95 bits per heavy atom. The first-order valence-electron chi connectivity index (χ1n) is 6.59. The second kappa shape index (κ2) is 7.53. The van der Waals surface area contributed by atoms with Gasteiger partial charge in [-0.15, -0.1) is 0 Å². The number of carboxylic acids is 1. The number of aliphatic carboxylic acids is 1. The zero-order valence-corrected chi connectivity index (χ0v) is 12.1. The predicted octanol–water partition coefficient (Wildman–Crippen LogP) is 2.27.